The Balaban J connectivity index is 0.00000210. The molecular formula is C21H26ClN5. The minimum atomic E-state index is 0. The van der Waals surface area contributed by atoms with Gasteiger partial charge in [0.1, 0.15) is 5.82 Å². The molecule has 3 N–H and O–H groups in total. The van der Waals surface area contributed by atoms with Gasteiger partial charge in [0.15, 0.2) is 0 Å². The van der Waals surface area contributed by atoms with Crippen molar-refractivity contribution in [1.29, 1.82) is 0 Å². The zero-order valence-corrected chi connectivity index (χ0v) is 16.2. The average Bonchev–Trinajstić information content (AvgIpc) is 3.09. The molecule has 3 aromatic rings. The van der Waals surface area contributed by atoms with Crippen molar-refractivity contribution in [2.75, 3.05) is 13.1 Å². The van der Waals surface area contributed by atoms with Crippen LogP contribution < -0.4 is 5.73 Å². The second-order valence-corrected chi connectivity index (χ2v) is 6.79. The van der Waals surface area contributed by atoms with E-state index in [4.69, 9.17) is 15.7 Å². The molecule has 0 fully saturated rings. The van der Waals surface area contributed by atoms with Crippen LogP contribution in [0.15, 0.2) is 54.7 Å². The molecule has 2 aromatic heterocycles. The van der Waals surface area contributed by atoms with Crippen molar-refractivity contribution >= 4 is 23.4 Å². The number of fused-ring (bicyclic) bond motifs is 2. The smallest absolute Gasteiger partial charge is 0.121 e. The number of hydrogen-bond acceptors (Lipinski definition) is 4. The monoisotopic (exact) mass is 383 g/mol. The third-order valence-electron chi connectivity index (χ3n) is 5.04. The van der Waals surface area contributed by atoms with Crippen molar-refractivity contribution in [1.82, 2.24) is 19.9 Å². The summed E-state index contributed by atoms with van der Waals surface area (Å²) in [6.45, 7) is 2.18. The van der Waals surface area contributed by atoms with E-state index in [9.17, 15) is 0 Å². The van der Waals surface area contributed by atoms with Gasteiger partial charge in [-0.3, -0.25) is 9.88 Å². The highest BCUT2D eigenvalue weighted by Crippen LogP contribution is 2.33. The van der Waals surface area contributed by atoms with Crippen molar-refractivity contribution in [2.24, 2.45) is 5.73 Å². The van der Waals surface area contributed by atoms with Gasteiger partial charge < -0.3 is 10.7 Å². The molecule has 142 valence electrons. The summed E-state index contributed by atoms with van der Waals surface area (Å²) in [7, 11) is 0. The fourth-order valence-corrected chi connectivity index (χ4v) is 3.82. The Morgan fingerprint density at radius 3 is 2.93 bits per heavy atom. The number of aryl methyl sites for hydroxylation is 1. The largest absolute Gasteiger partial charge is 0.341 e. The fraction of sp³-hybridized carbons (Fsp3) is 0.333. The van der Waals surface area contributed by atoms with Gasteiger partial charge in [-0.2, -0.15) is 0 Å². The summed E-state index contributed by atoms with van der Waals surface area (Å²) >= 11 is 0. The molecule has 0 aliphatic heterocycles. The van der Waals surface area contributed by atoms with Crippen LogP contribution in [-0.2, 0) is 13.0 Å². The van der Waals surface area contributed by atoms with Crippen LogP contribution in [0.3, 0.4) is 0 Å². The summed E-state index contributed by atoms with van der Waals surface area (Å²) in [4.78, 5) is 15.4. The Bertz CT molecular complexity index is 871. The van der Waals surface area contributed by atoms with Crippen molar-refractivity contribution < 1.29 is 0 Å². The van der Waals surface area contributed by atoms with E-state index in [1.807, 2.05) is 36.5 Å². The summed E-state index contributed by atoms with van der Waals surface area (Å²) in [5.74, 6) is 0.996. The third-order valence-corrected chi connectivity index (χ3v) is 5.04. The van der Waals surface area contributed by atoms with Crippen LogP contribution >= 0.6 is 12.4 Å². The maximum atomic E-state index is 5.64. The number of rotatable bonds is 6. The normalized spacial score (nSPS) is 16.6. The Kier molecular flexibility index (Phi) is 6.61. The lowest BCUT2D eigenvalue weighted by molar-refractivity contribution is 0.181. The molecule has 27 heavy (non-hydrogen) atoms. The number of nitrogens with one attached hydrogen (secondary N) is 1. The van der Waals surface area contributed by atoms with Crippen molar-refractivity contribution in [3.63, 3.8) is 0 Å². The van der Waals surface area contributed by atoms with E-state index in [0.717, 1.165) is 42.8 Å². The molecule has 2 heterocycles. The lowest BCUT2D eigenvalue weighted by atomic mass is 9.90. The number of hydrogen-bond donors (Lipinski definition) is 2. The molecule has 0 amide bonds. The second kappa shape index (κ2) is 9.13. The highest BCUT2D eigenvalue weighted by molar-refractivity contribution is 5.85. The summed E-state index contributed by atoms with van der Waals surface area (Å²) in [6, 6.07) is 12.7. The first kappa shape index (κ1) is 19.5. The molecule has 1 unspecified atom stereocenters. The predicted molar refractivity (Wildman–Crippen MR) is 112 cm³/mol. The third kappa shape index (κ3) is 4.38. The van der Waals surface area contributed by atoms with Crippen LogP contribution in [-0.4, -0.2) is 32.9 Å². The van der Waals surface area contributed by atoms with Crippen LogP contribution in [0.5, 0.6) is 0 Å². The Hall–Kier alpha value is -2.21. The van der Waals surface area contributed by atoms with Gasteiger partial charge in [-0.25, -0.2) is 4.98 Å². The molecule has 4 rings (SSSR count). The molecule has 1 aromatic carbocycles. The van der Waals surface area contributed by atoms with Gasteiger partial charge in [0.05, 0.1) is 29.3 Å². The minimum Gasteiger partial charge on any atom is -0.341 e. The number of pyridine rings is 1. The summed E-state index contributed by atoms with van der Waals surface area (Å²) in [5, 5.41) is 0. The maximum Gasteiger partial charge on any atom is 0.121 e. The molecule has 1 atom stereocenters. The standard InChI is InChI=1S/C21H25N5.ClH/c22-12-3-4-14-26(15-20-24-17-9-1-2-10-18(17)25-20)19-11-5-7-16-8-6-13-23-21(16)19;/h1-4,6,8-10,13,19H,5,7,11-12,14-15,22H2,(H,24,25);1H/b4-3-;. The number of nitrogens with two attached hydrogens (primary N) is 1. The van der Waals surface area contributed by atoms with Crippen molar-refractivity contribution in [2.45, 2.75) is 31.8 Å². The first-order chi connectivity index (χ1) is 12.8. The second-order valence-electron chi connectivity index (χ2n) is 6.79. The highest BCUT2D eigenvalue weighted by atomic mass is 35.5. The molecule has 0 saturated heterocycles. The van der Waals surface area contributed by atoms with E-state index in [2.05, 4.69) is 28.1 Å². The number of nitrogens with zero attached hydrogens (tertiary/aromatic N) is 3. The van der Waals surface area contributed by atoms with Crippen LogP contribution in [0.4, 0.5) is 0 Å². The van der Waals surface area contributed by atoms with Gasteiger partial charge in [0, 0.05) is 19.3 Å². The molecule has 1 aliphatic carbocycles. The van der Waals surface area contributed by atoms with E-state index < -0.39 is 0 Å². The van der Waals surface area contributed by atoms with Gasteiger partial charge in [-0.05, 0) is 43.0 Å². The fourth-order valence-electron chi connectivity index (χ4n) is 3.82. The number of halogens is 1. The zero-order chi connectivity index (χ0) is 17.8. The average molecular weight is 384 g/mol. The van der Waals surface area contributed by atoms with Crippen LogP contribution in [0, 0.1) is 0 Å². The molecule has 0 bridgehead atoms. The predicted octanol–water partition coefficient (Wildman–Crippen LogP) is 3.77. The molecule has 1 aliphatic rings. The van der Waals surface area contributed by atoms with Crippen LogP contribution in [0.2, 0.25) is 0 Å². The summed E-state index contributed by atoms with van der Waals surface area (Å²) in [5.41, 5.74) is 10.3. The number of imidazole rings is 1. The maximum absolute atomic E-state index is 5.64. The SMILES string of the molecule is Cl.NC/C=C\CN(Cc1nc2ccccc2[nH]1)C1CCCc2cccnc21. The summed E-state index contributed by atoms with van der Waals surface area (Å²) < 4.78 is 0. The quantitative estimate of drug-likeness (QED) is 0.635. The van der Waals surface area contributed by atoms with E-state index >= 15 is 0 Å². The van der Waals surface area contributed by atoms with Crippen LogP contribution in [0.25, 0.3) is 11.0 Å². The molecule has 0 radical (unpaired) electrons. The van der Waals surface area contributed by atoms with Crippen LogP contribution in [0.1, 0.15) is 36.0 Å². The van der Waals surface area contributed by atoms with E-state index in [1.54, 1.807) is 0 Å². The summed E-state index contributed by atoms with van der Waals surface area (Å²) in [6.07, 6.45) is 9.53. The number of para-hydroxylation sites is 2. The van der Waals surface area contributed by atoms with Gasteiger partial charge in [0.2, 0.25) is 0 Å². The van der Waals surface area contributed by atoms with Gasteiger partial charge in [0.25, 0.3) is 0 Å². The van der Waals surface area contributed by atoms with Crippen molar-refractivity contribution in [3.8, 4) is 0 Å². The van der Waals surface area contributed by atoms with Gasteiger partial charge in [-0.15, -0.1) is 12.4 Å². The van der Waals surface area contributed by atoms with E-state index in [1.165, 1.54) is 17.7 Å². The Morgan fingerprint density at radius 2 is 2.07 bits per heavy atom. The minimum absolute atomic E-state index is 0. The lowest BCUT2D eigenvalue weighted by Gasteiger charge is -2.33. The molecule has 0 spiro atoms. The number of benzene rings is 1. The van der Waals surface area contributed by atoms with Crippen molar-refractivity contribution in [3.05, 3.63) is 71.8 Å². The highest BCUT2D eigenvalue weighted by Gasteiger charge is 2.27. The molecule has 6 heteroatoms. The lowest BCUT2D eigenvalue weighted by Crippen LogP contribution is -2.32. The number of aromatic nitrogens is 3. The zero-order valence-electron chi connectivity index (χ0n) is 15.3. The van der Waals surface area contributed by atoms with Gasteiger partial charge >= 0.3 is 0 Å². The first-order valence-electron chi connectivity index (χ1n) is 9.31. The Labute approximate surface area is 166 Å². The number of H-pyrrole nitrogens is 1. The van der Waals surface area contributed by atoms with Gasteiger partial charge in [-0.1, -0.05) is 30.4 Å². The first-order valence-corrected chi connectivity index (χ1v) is 9.31. The topological polar surface area (TPSA) is 70.8 Å². The molecule has 0 saturated carbocycles. The van der Waals surface area contributed by atoms with E-state index in [-0.39, 0.29) is 12.4 Å². The molecular weight excluding hydrogens is 358 g/mol. The van der Waals surface area contributed by atoms with E-state index in [0.29, 0.717) is 12.6 Å². The Morgan fingerprint density at radius 1 is 1.19 bits per heavy atom. The molecule has 5 nitrogen and oxygen atoms in total. The number of aromatic amines is 1.